The maximum Gasteiger partial charge on any atom is 0.224 e. The molecule has 30 heavy (non-hydrogen) atoms. The Labute approximate surface area is 175 Å². The molecule has 0 spiro atoms. The number of nitrogens with zero attached hydrogens (tertiary/aromatic N) is 5. The number of morpholine rings is 1. The number of aryl methyl sites for hydroxylation is 2. The lowest BCUT2D eigenvalue weighted by Gasteiger charge is -2.32. The Morgan fingerprint density at radius 2 is 2.07 bits per heavy atom. The molecule has 2 aromatic heterocycles. The zero-order chi connectivity index (χ0) is 20.9. The van der Waals surface area contributed by atoms with E-state index in [0.717, 1.165) is 28.4 Å². The van der Waals surface area contributed by atoms with Crippen LogP contribution in [0, 0.1) is 6.92 Å². The van der Waals surface area contributed by atoms with Gasteiger partial charge in [0.2, 0.25) is 5.91 Å². The highest BCUT2D eigenvalue weighted by Crippen LogP contribution is 2.25. The van der Waals surface area contributed by atoms with E-state index in [-0.39, 0.29) is 12.0 Å². The number of hydrogen-bond donors (Lipinski definition) is 0. The van der Waals surface area contributed by atoms with Crippen molar-refractivity contribution in [2.75, 3.05) is 26.8 Å². The second kappa shape index (κ2) is 9.04. The third-order valence-electron chi connectivity index (χ3n) is 5.12. The van der Waals surface area contributed by atoms with Gasteiger partial charge in [0.05, 0.1) is 49.7 Å². The lowest BCUT2D eigenvalue weighted by molar-refractivity contribution is -0.139. The van der Waals surface area contributed by atoms with Crippen LogP contribution in [0.15, 0.2) is 48.9 Å². The topological polar surface area (TPSA) is 82.4 Å². The molecule has 8 heteroatoms. The SMILES string of the molecule is COc1ccc(-c2cncc([C@@H]3CN(C(=O)CCn4ccc(C)n4)CCO3)n2)cc1. The fraction of sp³-hybridized carbons (Fsp3) is 0.364. The summed E-state index contributed by atoms with van der Waals surface area (Å²) in [6, 6.07) is 9.61. The molecule has 4 rings (SSSR count). The van der Waals surface area contributed by atoms with Gasteiger partial charge in [0.1, 0.15) is 11.9 Å². The standard InChI is InChI=1S/C22H25N5O3/c1-16-7-9-27(25-16)10-8-22(28)26-11-12-30-21(15-26)20-14-23-13-19(24-20)17-3-5-18(29-2)6-4-17/h3-7,9,13-14,21H,8,10-12,15H2,1-2H3/t21-/m0/s1. The van der Waals surface area contributed by atoms with Crippen LogP contribution in [0.3, 0.4) is 0 Å². The number of hydrogen-bond acceptors (Lipinski definition) is 6. The minimum Gasteiger partial charge on any atom is -0.497 e. The Morgan fingerprint density at radius 3 is 2.80 bits per heavy atom. The quantitative estimate of drug-likeness (QED) is 0.625. The van der Waals surface area contributed by atoms with E-state index in [9.17, 15) is 4.79 Å². The summed E-state index contributed by atoms with van der Waals surface area (Å²) in [6.45, 7) is 4.04. The first-order valence-electron chi connectivity index (χ1n) is 9.98. The third kappa shape index (κ3) is 4.65. The average Bonchev–Trinajstić information content (AvgIpc) is 3.23. The van der Waals surface area contributed by atoms with E-state index in [4.69, 9.17) is 14.5 Å². The van der Waals surface area contributed by atoms with Crippen molar-refractivity contribution < 1.29 is 14.3 Å². The van der Waals surface area contributed by atoms with Crippen molar-refractivity contribution >= 4 is 5.91 Å². The van der Waals surface area contributed by atoms with Crippen LogP contribution < -0.4 is 4.74 Å². The number of amides is 1. The Balaban J connectivity index is 1.41. The van der Waals surface area contributed by atoms with Crippen molar-refractivity contribution in [1.29, 1.82) is 0 Å². The molecule has 1 atom stereocenters. The molecule has 3 aromatic rings. The van der Waals surface area contributed by atoms with Gasteiger partial charge in [-0.3, -0.25) is 14.5 Å². The Morgan fingerprint density at radius 1 is 1.23 bits per heavy atom. The van der Waals surface area contributed by atoms with Crippen molar-refractivity contribution in [3.63, 3.8) is 0 Å². The molecule has 0 saturated carbocycles. The molecule has 1 fully saturated rings. The van der Waals surface area contributed by atoms with Crippen LogP contribution in [-0.4, -0.2) is 57.4 Å². The fourth-order valence-corrected chi connectivity index (χ4v) is 3.45. The molecule has 156 valence electrons. The number of methoxy groups -OCH3 is 1. The molecule has 0 aliphatic carbocycles. The van der Waals surface area contributed by atoms with E-state index in [1.54, 1.807) is 24.2 Å². The van der Waals surface area contributed by atoms with Gasteiger partial charge in [-0.05, 0) is 37.3 Å². The summed E-state index contributed by atoms with van der Waals surface area (Å²) in [6.07, 6.45) is 5.44. The van der Waals surface area contributed by atoms with Crippen molar-refractivity contribution in [2.24, 2.45) is 0 Å². The van der Waals surface area contributed by atoms with Crippen LogP contribution in [-0.2, 0) is 16.1 Å². The molecular formula is C22H25N5O3. The first-order chi connectivity index (χ1) is 14.6. The van der Waals surface area contributed by atoms with Crippen LogP contribution in [0.25, 0.3) is 11.3 Å². The van der Waals surface area contributed by atoms with Crippen molar-refractivity contribution in [2.45, 2.75) is 26.0 Å². The molecule has 8 nitrogen and oxygen atoms in total. The summed E-state index contributed by atoms with van der Waals surface area (Å²) >= 11 is 0. The van der Waals surface area contributed by atoms with Gasteiger partial charge >= 0.3 is 0 Å². The van der Waals surface area contributed by atoms with Gasteiger partial charge in [-0.1, -0.05) is 0 Å². The third-order valence-corrected chi connectivity index (χ3v) is 5.12. The maximum absolute atomic E-state index is 12.7. The van der Waals surface area contributed by atoms with Crippen LogP contribution in [0.5, 0.6) is 5.75 Å². The number of aromatic nitrogens is 4. The maximum atomic E-state index is 12.7. The largest absolute Gasteiger partial charge is 0.497 e. The fourth-order valence-electron chi connectivity index (χ4n) is 3.45. The summed E-state index contributed by atoms with van der Waals surface area (Å²) in [4.78, 5) is 23.6. The van der Waals surface area contributed by atoms with Crippen molar-refractivity contribution in [3.05, 3.63) is 60.3 Å². The molecule has 1 aliphatic heterocycles. The van der Waals surface area contributed by atoms with E-state index in [2.05, 4.69) is 10.1 Å². The second-order valence-corrected chi connectivity index (χ2v) is 7.23. The van der Waals surface area contributed by atoms with Crippen LogP contribution in [0.1, 0.15) is 23.9 Å². The Hall–Kier alpha value is -3.26. The zero-order valence-electron chi connectivity index (χ0n) is 17.2. The predicted octanol–water partition coefficient (Wildman–Crippen LogP) is 2.65. The van der Waals surface area contributed by atoms with Gasteiger partial charge in [0, 0.05) is 31.3 Å². The predicted molar refractivity (Wildman–Crippen MR) is 111 cm³/mol. The lowest BCUT2D eigenvalue weighted by atomic mass is 10.1. The first kappa shape index (κ1) is 20.0. The van der Waals surface area contributed by atoms with Gasteiger partial charge in [-0.25, -0.2) is 4.98 Å². The molecule has 0 N–H and O–H groups in total. The summed E-state index contributed by atoms with van der Waals surface area (Å²) in [5.41, 5.74) is 3.38. The molecule has 0 bridgehead atoms. The van der Waals surface area contributed by atoms with Crippen LogP contribution in [0.2, 0.25) is 0 Å². The van der Waals surface area contributed by atoms with Crippen molar-refractivity contribution in [3.8, 4) is 17.0 Å². The number of carbonyl (C=O) groups excluding carboxylic acids is 1. The van der Waals surface area contributed by atoms with E-state index in [0.29, 0.717) is 32.7 Å². The summed E-state index contributed by atoms with van der Waals surface area (Å²) in [7, 11) is 1.64. The molecule has 3 heterocycles. The zero-order valence-corrected chi connectivity index (χ0v) is 17.2. The van der Waals surface area contributed by atoms with E-state index in [1.165, 1.54) is 0 Å². The number of carbonyl (C=O) groups is 1. The van der Waals surface area contributed by atoms with Gasteiger partial charge in [-0.15, -0.1) is 0 Å². The average molecular weight is 407 g/mol. The molecule has 1 amide bonds. The second-order valence-electron chi connectivity index (χ2n) is 7.23. The lowest BCUT2D eigenvalue weighted by Crippen LogP contribution is -2.42. The minimum atomic E-state index is -0.291. The van der Waals surface area contributed by atoms with E-state index < -0.39 is 0 Å². The van der Waals surface area contributed by atoms with E-state index in [1.807, 2.05) is 48.4 Å². The highest BCUT2D eigenvalue weighted by molar-refractivity contribution is 5.76. The van der Waals surface area contributed by atoms with Gasteiger partial charge < -0.3 is 14.4 Å². The monoisotopic (exact) mass is 407 g/mol. The molecule has 0 radical (unpaired) electrons. The first-order valence-corrected chi connectivity index (χ1v) is 9.98. The molecule has 1 saturated heterocycles. The highest BCUT2D eigenvalue weighted by Gasteiger charge is 2.26. The Bertz CT molecular complexity index is 1000. The molecule has 0 unspecified atom stereocenters. The summed E-state index contributed by atoms with van der Waals surface area (Å²) in [5, 5.41) is 4.33. The van der Waals surface area contributed by atoms with Gasteiger partial charge in [0.15, 0.2) is 0 Å². The Kier molecular flexibility index (Phi) is 6.04. The number of benzene rings is 1. The number of ether oxygens (including phenoxy) is 2. The molecule has 1 aromatic carbocycles. The van der Waals surface area contributed by atoms with Gasteiger partial charge in [-0.2, -0.15) is 5.10 Å². The highest BCUT2D eigenvalue weighted by atomic mass is 16.5. The van der Waals surface area contributed by atoms with Crippen LogP contribution >= 0.6 is 0 Å². The number of rotatable bonds is 6. The molecular weight excluding hydrogens is 382 g/mol. The normalized spacial score (nSPS) is 16.5. The molecule has 1 aliphatic rings. The van der Waals surface area contributed by atoms with Crippen LogP contribution in [0.4, 0.5) is 0 Å². The summed E-state index contributed by atoms with van der Waals surface area (Å²) in [5.74, 6) is 0.883. The summed E-state index contributed by atoms with van der Waals surface area (Å²) < 4.78 is 12.9. The van der Waals surface area contributed by atoms with Crippen molar-refractivity contribution in [1.82, 2.24) is 24.6 Å². The van der Waals surface area contributed by atoms with Gasteiger partial charge in [0.25, 0.3) is 0 Å². The van der Waals surface area contributed by atoms with E-state index >= 15 is 0 Å². The smallest absolute Gasteiger partial charge is 0.224 e. The minimum absolute atomic E-state index is 0.0933.